The maximum atomic E-state index is 4.39. The Morgan fingerprint density at radius 2 is 2.14 bits per heavy atom. The standard InChI is InChI=1S/C6H12S/c1-5-3-2-4-6(5)7/h5-7H,2-4H2,1H3/t5?,6-/m1/s1. The van der Waals surface area contributed by atoms with E-state index in [4.69, 9.17) is 0 Å². The number of hydrogen-bond donors (Lipinski definition) is 1. The summed E-state index contributed by atoms with van der Waals surface area (Å²) in [6.07, 6.45) is 4.13. The lowest BCUT2D eigenvalue weighted by Gasteiger charge is -2.04. The average molecular weight is 116 g/mol. The van der Waals surface area contributed by atoms with Crippen LogP contribution in [0, 0.1) is 5.92 Å². The zero-order valence-corrected chi connectivity index (χ0v) is 5.62. The summed E-state index contributed by atoms with van der Waals surface area (Å²) < 4.78 is 0. The molecule has 1 rings (SSSR count). The number of hydrogen-bond acceptors (Lipinski definition) is 1. The third-order valence-electron chi connectivity index (χ3n) is 1.82. The first kappa shape index (κ1) is 5.49. The van der Waals surface area contributed by atoms with Gasteiger partial charge in [0, 0.05) is 5.25 Å². The van der Waals surface area contributed by atoms with Crippen LogP contribution in [0.2, 0.25) is 0 Å². The summed E-state index contributed by atoms with van der Waals surface area (Å²) in [6, 6.07) is 0. The van der Waals surface area contributed by atoms with Gasteiger partial charge in [0.05, 0.1) is 0 Å². The second-order valence-corrected chi connectivity index (χ2v) is 3.14. The van der Waals surface area contributed by atoms with Gasteiger partial charge in [0.15, 0.2) is 0 Å². The Morgan fingerprint density at radius 1 is 1.43 bits per heavy atom. The lowest BCUT2D eigenvalue weighted by Crippen LogP contribution is -1.99. The smallest absolute Gasteiger partial charge is 0.00424 e. The highest BCUT2D eigenvalue weighted by Gasteiger charge is 2.18. The second kappa shape index (κ2) is 2.08. The Morgan fingerprint density at radius 3 is 2.29 bits per heavy atom. The molecule has 0 N–H and O–H groups in total. The summed E-state index contributed by atoms with van der Waals surface area (Å²) in [5.74, 6) is 0.878. The lowest BCUT2D eigenvalue weighted by molar-refractivity contribution is 0.627. The Bertz CT molecular complexity index is 53.2. The maximum absolute atomic E-state index is 4.39. The molecule has 2 atom stereocenters. The van der Waals surface area contributed by atoms with Crippen molar-refractivity contribution in [2.24, 2.45) is 5.92 Å². The van der Waals surface area contributed by atoms with Gasteiger partial charge in [-0.05, 0) is 18.8 Å². The molecular weight excluding hydrogens is 104 g/mol. The van der Waals surface area contributed by atoms with Crippen LogP contribution >= 0.6 is 12.6 Å². The van der Waals surface area contributed by atoms with Crippen molar-refractivity contribution in [3.63, 3.8) is 0 Å². The zero-order chi connectivity index (χ0) is 5.28. The third kappa shape index (κ3) is 1.12. The molecule has 0 bridgehead atoms. The molecule has 0 nitrogen and oxygen atoms in total. The molecule has 1 saturated carbocycles. The average Bonchev–Trinajstić information content (AvgIpc) is 1.91. The molecule has 0 aromatic heterocycles. The van der Waals surface area contributed by atoms with E-state index in [9.17, 15) is 0 Å². The van der Waals surface area contributed by atoms with E-state index in [2.05, 4.69) is 19.6 Å². The maximum Gasteiger partial charge on any atom is 0.00424 e. The third-order valence-corrected chi connectivity index (χ3v) is 2.58. The second-order valence-electron chi connectivity index (χ2n) is 2.48. The van der Waals surface area contributed by atoms with Gasteiger partial charge in [0.25, 0.3) is 0 Å². The molecule has 1 aliphatic carbocycles. The van der Waals surface area contributed by atoms with Crippen molar-refractivity contribution in [2.75, 3.05) is 0 Å². The van der Waals surface area contributed by atoms with E-state index in [0.717, 1.165) is 5.92 Å². The van der Waals surface area contributed by atoms with E-state index in [1.807, 2.05) is 0 Å². The van der Waals surface area contributed by atoms with Crippen molar-refractivity contribution in [1.29, 1.82) is 0 Å². The van der Waals surface area contributed by atoms with Crippen LogP contribution in [0.1, 0.15) is 26.2 Å². The fourth-order valence-corrected chi connectivity index (χ4v) is 1.46. The van der Waals surface area contributed by atoms with E-state index in [0.29, 0.717) is 5.25 Å². The molecule has 7 heavy (non-hydrogen) atoms. The van der Waals surface area contributed by atoms with Gasteiger partial charge in [-0.15, -0.1) is 0 Å². The minimum absolute atomic E-state index is 0.708. The summed E-state index contributed by atoms with van der Waals surface area (Å²) in [5, 5.41) is 0.708. The molecule has 0 radical (unpaired) electrons. The van der Waals surface area contributed by atoms with Gasteiger partial charge in [-0.2, -0.15) is 12.6 Å². The van der Waals surface area contributed by atoms with Crippen LogP contribution < -0.4 is 0 Å². The van der Waals surface area contributed by atoms with Crippen LogP contribution in [-0.2, 0) is 0 Å². The van der Waals surface area contributed by atoms with Crippen LogP contribution in [0.25, 0.3) is 0 Å². The highest BCUT2D eigenvalue weighted by atomic mass is 32.1. The first-order valence-corrected chi connectivity index (χ1v) is 3.50. The van der Waals surface area contributed by atoms with Crippen molar-refractivity contribution in [2.45, 2.75) is 31.4 Å². The largest absolute Gasteiger partial charge is 0.176 e. The molecule has 0 amide bonds. The monoisotopic (exact) mass is 116 g/mol. The van der Waals surface area contributed by atoms with Gasteiger partial charge in [-0.25, -0.2) is 0 Å². The van der Waals surface area contributed by atoms with E-state index < -0.39 is 0 Å². The molecule has 0 aromatic rings. The van der Waals surface area contributed by atoms with E-state index in [1.54, 1.807) is 0 Å². The summed E-state index contributed by atoms with van der Waals surface area (Å²) in [4.78, 5) is 0. The topological polar surface area (TPSA) is 0 Å². The Hall–Kier alpha value is 0.350. The van der Waals surface area contributed by atoms with Gasteiger partial charge in [0.1, 0.15) is 0 Å². The normalized spacial score (nSPS) is 42.0. The summed E-state index contributed by atoms with van der Waals surface area (Å²) >= 11 is 4.39. The Balaban J connectivity index is 2.33. The molecule has 42 valence electrons. The molecule has 0 saturated heterocycles. The molecular formula is C6H12S. The van der Waals surface area contributed by atoms with Crippen molar-refractivity contribution < 1.29 is 0 Å². The van der Waals surface area contributed by atoms with Crippen LogP contribution in [0.5, 0.6) is 0 Å². The molecule has 0 spiro atoms. The molecule has 1 fully saturated rings. The lowest BCUT2D eigenvalue weighted by atomic mass is 10.1. The first-order chi connectivity index (χ1) is 3.30. The van der Waals surface area contributed by atoms with Crippen molar-refractivity contribution in [3.8, 4) is 0 Å². The molecule has 1 unspecified atom stereocenters. The molecule has 0 aliphatic heterocycles. The molecule has 0 heterocycles. The predicted molar refractivity (Wildman–Crippen MR) is 35.8 cm³/mol. The van der Waals surface area contributed by atoms with Gasteiger partial charge < -0.3 is 0 Å². The van der Waals surface area contributed by atoms with E-state index in [1.165, 1.54) is 19.3 Å². The minimum atomic E-state index is 0.708. The molecule has 1 heteroatoms. The van der Waals surface area contributed by atoms with Crippen LogP contribution in [0.15, 0.2) is 0 Å². The summed E-state index contributed by atoms with van der Waals surface area (Å²) in [7, 11) is 0. The fraction of sp³-hybridized carbons (Fsp3) is 1.00. The zero-order valence-electron chi connectivity index (χ0n) is 4.72. The Labute approximate surface area is 50.7 Å². The first-order valence-electron chi connectivity index (χ1n) is 2.99. The van der Waals surface area contributed by atoms with Crippen molar-refractivity contribution in [1.82, 2.24) is 0 Å². The summed E-state index contributed by atoms with van der Waals surface area (Å²) in [6.45, 7) is 2.28. The van der Waals surface area contributed by atoms with Gasteiger partial charge in [-0.1, -0.05) is 13.3 Å². The van der Waals surface area contributed by atoms with Crippen LogP contribution in [0.3, 0.4) is 0 Å². The van der Waals surface area contributed by atoms with E-state index >= 15 is 0 Å². The van der Waals surface area contributed by atoms with Crippen LogP contribution in [0.4, 0.5) is 0 Å². The molecule has 1 aliphatic rings. The SMILES string of the molecule is CC1CCC[C@H]1S. The number of rotatable bonds is 0. The predicted octanol–water partition coefficient (Wildman–Crippen LogP) is 2.10. The van der Waals surface area contributed by atoms with Crippen molar-refractivity contribution >= 4 is 12.6 Å². The fourth-order valence-electron chi connectivity index (χ4n) is 1.13. The van der Waals surface area contributed by atoms with Crippen molar-refractivity contribution in [3.05, 3.63) is 0 Å². The minimum Gasteiger partial charge on any atom is -0.176 e. The van der Waals surface area contributed by atoms with E-state index in [-0.39, 0.29) is 0 Å². The van der Waals surface area contributed by atoms with Gasteiger partial charge in [0.2, 0.25) is 0 Å². The number of thiol groups is 1. The van der Waals surface area contributed by atoms with Gasteiger partial charge >= 0.3 is 0 Å². The van der Waals surface area contributed by atoms with Crippen LogP contribution in [-0.4, -0.2) is 5.25 Å². The quantitative estimate of drug-likeness (QED) is 0.460. The Kier molecular flexibility index (Phi) is 1.63. The molecule has 0 aromatic carbocycles. The van der Waals surface area contributed by atoms with Gasteiger partial charge in [-0.3, -0.25) is 0 Å². The highest BCUT2D eigenvalue weighted by Crippen LogP contribution is 2.28. The highest BCUT2D eigenvalue weighted by molar-refractivity contribution is 7.81. The summed E-state index contributed by atoms with van der Waals surface area (Å²) in [5.41, 5.74) is 0.